The second-order valence-corrected chi connectivity index (χ2v) is 8.28. The first-order chi connectivity index (χ1) is 14.9. The van der Waals surface area contributed by atoms with Gasteiger partial charge in [-0.15, -0.1) is 0 Å². The molecule has 0 unspecified atom stereocenters. The number of furan rings is 1. The molecule has 3 nitrogen and oxygen atoms in total. The van der Waals surface area contributed by atoms with Crippen LogP contribution in [0, 0.1) is 11.3 Å². The molecule has 3 aromatic carbocycles. The Morgan fingerprint density at radius 1 is 1.00 bits per heavy atom. The van der Waals surface area contributed by atoms with E-state index in [-0.39, 0.29) is 5.41 Å². The summed E-state index contributed by atoms with van der Waals surface area (Å²) in [6.07, 6.45) is 3.56. The zero-order valence-corrected chi connectivity index (χ0v) is 18.4. The maximum absolute atomic E-state index is 9.41. The monoisotopic (exact) mass is 428 g/mol. The Bertz CT molecular complexity index is 1170. The third kappa shape index (κ3) is 5.86. The molecule has 1 heterocycles. The first-order valence-corrected chi connectivity index (χ1v) is 10.4. The van der Waals surface area contributed by atoms with Crippen molar-refractivity contribution >= 4 is 34.2 Å². The van der Waals surface area contributed by atoms with Gasteiger partial charge in [0.2, 0.25) is 0 Å². The van der Waals surface area contributed by atoms with Gasteiger partial charge in [-0.25, -0.2) is 0 Å². The Kier molecular flexibility index (Phi) is 7.31. The highest BCUT2D eigenvalue weighted by Crippen LogP contribution is 2.25. The molecule has 0 aliphatic carbocycles. The molecule has 156 valence electrons. The highest BCUT2D eigenvalue weighted by atomic mass is 35.5. The molecule has 2 N–H and O–H groups in total. The molecule has 1 aromatic heterocycles. The summed E-state index contributed by atoms with van der Waals surface area (Å²) >= 11 is 5.88. The van der Waals surface area contributed by atoms with Gasteiger partial charge in [0.25, 0.3) is 0 Å². The third-order valence-corrected chi connectivity index (χ3v) is 5.40. The molecule has 0 fully saturated rings. The second kappa shape index (κ2) is 10.1. The Morgan fingerprint density at radius 3 is 2.29 bits per heavy atom. The van der Waals surface area contributed by atoms with Crippen LogP contribution >= 0.6 is 11.6 Å². The molecule has 0 bridgehead atoms. The van der Waals surface area contributed by atoms with Crippen LogP contribution in [0.3, 0.4) is 0 Å². The first kappa shape index (κ1) is 22.4. The molecule has 0 aliphatic rings. The van der Waals surface area contributed by atoms with Gasteiger partial charge in [-0.3, -0.25) is 0 Å². The fourth-order valence-electron chi connectivity index (χ4n) is 3.03. The Morgan fingerprint density at radius 2 is 1.68 bits per heavy atom. The summed E-state index contributed by atoms with van der Waals surface area (Å²) < 4.78 is 5.12. The summed E-state index contributed by atoms with van der Waals surface area (Å²) in [7, 11) is 0. The number of nitrogens with zero attached hydrogens (tertiary/aromatic N) is 1. The van der Waals surface area contributed by atoms with Gasteiger partial charge in [0.1, 0.15) is 5.58 Å². The van der Waals surface area contributed by atoms with Crippen LogP contribution in [0.15, 0.2) is 89.5 Å². The van der Waals surface area contributed by atoms with Crippen molar-refractivity contribution in [3.63, 3.8) is 0 Å². The zero-order chi connectivity index (χ0) is 22.3. The van der Waals surface area contributed by atoms with Crippen LogP contribution in [0.2, 0.25) is 5.02 Å². The predicted molar refractivity (Wildman–Crippen MR) is 130 cm³/mol. The number of allylic oxidation sites excluding steroid dienone is 1. The summed E-state index contributed by atoms with van der Waals surface area (Å²) in [6.45, 7) is 4.80. The van der Waals surface area contributed by atoms with E-state index in [1.165, 1.54) is 5.56 Å². The zero-order valence-electron chi connectivity index (χ0n) is 17.7. The number of hydrogen-bond donors (Lipinski definition) is 1. The maximum Gasteiger partial charge on any atom is 0.133 e. The minimum Gasteiger partial charge on any atom is -0.464 e. The van der Waals surface area contributed by atoms with Gasteiger partial charge in [0.15, 0.2) is 0 Å². The van der Waals surface area contributed by atoms with Crippen LogP contribution in [0.4, 0.5) is 0 Å². The number of para-hydroxylation sites is 1. The highest BCUT2D eigenvalue weighted by molar-refractivity contribution is 6.30. The molecule has 4 aromatic rings. The molecule has 0 saturated carbocycles. The molecule has 0 amide bonds. The van der Waals surface area contributed by atoms with Crippen molar-refractivity contribution in [1.82, 2.24) is 0 Å². The van der Waals surface area contributed by atoms with E-state index in [2.05, 4.69) is 19.9 Å². The lowest BCUT2D eigenvalue weighted by atomic mass is 9.84. The van der Waals surface area contributed by atoms with E-state index in [4.69, 9.17) is 21.8 Å². The van der Waals surface area contributed by atoms with Crippen LogP contribution in [0.5, 0.6) is 0 Å². The molecule has 0 aliphatic heterocycles. The number of halogens is 1. The summed E-state index contributed by atoms with van der Waals surface area (Å²) in [5.41, 5.74) is 10.3. The second-order valence-electron chi connectivity index (χ2n) is 7.85. The Labute approximate surface area is 188 Å². The lowest BCUT2D eigenvalue weighted by Crippen LogP contribution is -2.27. The SMILES string of the molecule is CC(C)(CN)c1ccc(/C(C#N)=C/c2ccc(Cl)cc2)cc1.c1ccc2occc2c1. The van der Waals surface area contributed by atoms with Gasteiger partial charge < -0.3 is 10.2 Å². The predicted octanol–water partition coefficient (Wildman–Crippen LogP) is 7.07. The number of nitriles is 1. The van der Waals surface area contributed by atoms with Gasteiger partial charge >= 0.3 is 0 Å². The third-order valence-electron chi connectivity index (χ3n) is 5.15. The largest absolute Gasteiger partial charge is 0.464 e. The van der Waals surface area contributed by atoms with Gasteiger partial charge in [0.05, 0.1) is 17.9 Å². The van der Waals surface area contributed by atoms with Gasteiger partial charge in [-0.2, -0.15) is 5.26 Å². The highest BCUT2D eigenvalue weighted by Gasteiger charge is 2.18. The molecule has 0 spiro atoms. The fraction of sp³-hybridized carbons (Fsp3) is 0.148. The van der Waals surface area contributed by atoms with E-state index in [9.17, 15) is 5.26 Å². The van der Waals surface area contributed by atoms with Gasteiger partial charge in [-0.05, 0) is 47.0 Å². The standard InChI is InChI=1S/C19H19ClN2.C8H6O/c1-19(2,13-22)17-7-5-15(6-8-17)16(12-21)11-14-3-9-18(20)10-4-14;1-2-4-8-7(3-1)5-6-9-8/h3-11H,13,22H2,1-2H3;1-6H/b16-11+;. The Balaban J connectivity index is 0.000000248. The van der Waals surface area contributed by atoms with Crippen LogP contribution < -0.4 is 5.73 Å². The van der Waals surface area contributed by atoms with Crippen molar-refractivity contribution in [2.24, 2.45) is 5.73 Å². The van der Waals surface area contributed by atoms with E-state index >= 15 is 0 Å². The molecule has 31 heavy (non-hydrogen) atoms. The first-order valence-electron chi connectivity index (χ1n) is 10.0. The summed E-state index contributed by atoms with van der Waals surface area (Å²) in [6, 6.07) is 27.6. The van der Waals surface area contributed by atoms with E-state index in [0.29, 0.717) is 17.1 Å². The van der Waals surface area contributed by atoms with Crippen LogP contribution in [0.25, 0.3) is 22.6 Å². The van der Waals surface area contributed by atoms with Crippen molar-refractivity contribution in [3.05, 3.63) is 107 Å². The van der Waals surface area contributed by atoms with Crippen molar-refractivity contribution in [2.75, 3.05) is 6.54 Å². The summed E-state index contributed by atoms with van der Waals surface area (Å²) in [5.74, 6) is 0. The van der Waals surface area contributed by atoms with Crippen LogP contribution in [0.1, 0.15) is 30.5 Å². The van der Waals surface area contributed by atoms with E-state index < -0.39 is 0 Å². The topological polar surface area (TPSA) is 63.0 Å². The summed E-state index contributed by atoms with van der Waals surface area (Å²) in [5, 5.41) is 11.3. The van der Waals surface area contributed by atoms with Gasteiger partial charge in [-0.1, -0.05) is 80.0 Å². The lowest BCUT2D eigenvalue weighted by molar-refractivity contribution is 0.539. The number of fused-ring (bicyclic) bond motifs is 1. The van der Waals surface area contributed by atoms with Crippen molar-refractivity contribution < 1.29 is 4.42 Å². The number of nitrogens with two attached hydrogens (primary N) is 1. The van der Waals surface area contributed by atoms with Crippen molar-refractivity contribution in [3.8, 4) is 6.07 Å². The maximum atomic E-state index is 9.41. The molecule has 0 atom stereocenters. The van der Waals surface area contributed by atoms with Gasteiger partial charge in [0, 0.05) is 22.4 Å². The quantitative estimate of drug-likeness (QED) is 0.279. The van der Waals surface area contributed by atoms with E-state index in [1.54, 1.807) is 6.26 Å². The smallest absolute Gasteiger partial charge is 0.133 e. The average Bonchev–Trinajstić information content (AvgIpc) is 3.28. The molecular formula is C27H25ClN2O. The summed E-state index contributed by atoms with van der Waals surface area (Å²) in [4.78, 5) is 0. The molecule has 0 radical (unpaired) electrons. The molecule has 0 saturated heterocycles. The molecule has 4 rings (SSSR count). The van der Waals surface area contributed by atoms with E-state index in [0.717, 1.165) is 22.1 Å². The van der Waals surface area contributed by atoms with Crippen molar-refractivity contribution in [2.45, 2.75) is 19.3 Å². The number of benzene rings is 3. The average molecular weight is 429 g/mol. The number of rotatable bonds is 4. The molecular weight excluding hydrogens is 404 g/mol. The normalized spacial score (nSPS) is 11.5. The fourth-order valence-corrected chi connectivity index (χ4v) is 3.16. The van der Waals surface area contributed by atoms with Crippen LogP contribution in [-0.2, 0) is 5.41 Å². The lowest BCUT2D eigenvalue weighted by Gasteiger charge is -2.23. The molecule has 4 heteroatoms. The van der Waals surface area contributed by atoms with Crippen LogP contribution in [-0.4, -0.2) is 6.54 Å². The van der Waals surface area contributed by atoms with E-state index in [1.807, 2.05) is 84.9 Å². The minimum absolute atomic E-state index is 0.0643. The Hall–Kier alpha value is -3.32. The number of hydrogen-bond acceptors (Lipinski definition) is 3. The minimum atomic E-state index is -0.0643. The van der Waals surface area contributed by atoms with Crippen molar-refractivity contribution in [1.29, 1.82) is 5.26 Å².